The molecule has 0 aliphatic rings. The molecule has 15 heavy (non-hydrogen) atoms. The van der Waals surface area contributed by atoms with Crippen molar-refractivity contribution in [2.75, 3.05) is 0 Å². The van der Waals surface area contributed by atoms with Gasteiger partial charge >= 0.3 is 6.61 Å². The number of nitriles is 1. The quantitative estimate of drug-likeness (QED) is 0.773. The molecule has 5 heteroatoms. The first kappa shape index (κ1) is 11.4. The second-order valence-corrected chi connectivity index (χ2v) is 3.27. The molecule has 0 spiro atoms. The number of ether oxygens (including phenoxy) is 1. The molecule has 0 aliphatic heterocycles. The molecular weight excluding hydrogens is 202 g/mol. The van der Waals surface area contributed by atoms with Crippen molar-refractivity contribution in [2.45, 2.75) is 26.4 Å². The van der Waals surface area contributed by atoms with E-state index < -0.39 is 6.61 Å². The second-order valence-electron chi connectivity index (χ2n) is 3.27. The Kier molecular flexibility index (Phi) is 3.56. The third-order valence-corrected chi connectivity index (χ3v) is 1.86. The fourth-order valence-corrected chi connectivity index (χ4v) is 1.04. The maximum atomic E-state index is 11.9. The average molecular weight is 212 g/mol. The van der Waals surface area contributed by atoms with E-state index in [0.29, 0.717) is 0 Å². The zero-order valence-electron chi connectivity index (χ0n) is 8.37. The van der Waals surface area contributed by atoms with Gasteiger partial charge in [-0.2, -0.15) is 14.0 Å². The molecule has 0 saturated carbocycles. The van der Waals surface area contributed by atoms with Gasteiger partial charge in [0.05, 0.1) is 0 Å². The lowest BCUT2D eigenvalue weighted by Crippen LogP contribution is -2.06. The molecule has 0 amide bonds. The normalized spacial score (nSPS) is 10.5. The molecule has 80 valence electrons. The van der Waals surface area contributed by atoms with Crippen LogP contribution in [0.4, 0.5) is 8.78 Å². The van der Waals surface area contributed by atoms with E-state index in [1.54, 1.807) is 6.07 Å². The summed E-state index contributed by atoms with van der Waals surface area (Å²) in [4.78, 5) is 3.69. The monoisotopic (exact) mass is 212 g/mol. The molecule has 1 heterocycles. The van der Waals surface area contributed by atoms with Gasteiger partial charge in [0.2, 0.25) is 5.88 Å². The largest absolute Gasteiger partial charge is 0.415 e. The molecule has 1 aromatic heterocycles. The molecule has 0 N–H and O–H groups in total. The lowest BCUT2D eigenvalue weighted by molar-refractivity contribution is -0.0530. The minimum Gasteiger partial charge on any atom is -0.415 e. The molecular formula is C10H10F2N2O. The summed E-state index contributed by atoms with van der Waals surface area (Å²) in [7, 11) is 0. The molecule has 1 rings (SSSR count). The van der Waals surface area contributed by atoms with E-state index in [1.807, 2.05) is 13.8 Å². The first-order valence-corrected chi connectivity index (χ1v) is 4.39. The van der Waals surface area contributed by atoms with E-state index in [-0.39, 0.29) is 17.4 Å². The predicted molar refractivity (Wildman–Crippen MR) is 49.7 cm³/mol. The standard InChI is InChI=1S/C10H10F2N2O/c1-6(2)8-3-7(4-13)9(14-5-8)15-10(11)12/h3,5-6,10H,1-2H3. The Morgan fingerprint density at radius 3 is 2.60 bits per heavy atom. The second kappa shape index (κ2) is 4.69. The summed E-state index contributed by atoms with van der Waals surface area (Å²) in [5, 5.41) is 8.72. The Labute approximate surface area is 86.3 Å². The molecule has 0 fully saturated rings. The molecule has 0 bridgehead atoms. The molecule has 0 atom stereocenters. The van der Waals surface area contributed by atoms with Gasteiger partial charge in [0, 0.05) is 6.20 Å². The maximum Gasteiger partial charge on any atom is 0.388 e. The molecule has 0 aliphatic carbocycles. The Bertz CT molecular complexity index is 385. The van der Waals surface area contributed by atoms with Crippen LogP contribution < -0.4 is 4.74 Å². The van der Waals surface area contributed by atoms with Crippen molar-refractivity contribution in [1.82, 2.24) is 4.98 Å². The van der Waals surface area contributed by atoms with Gasteiger partial charge in [0.15, 0.2) is 0 Å². The highest BCUT2D eigenvalue weighted by Gasteiger charge is 2.12. The minimum atomic E-state index is -2.96. The Morgan fingerprint density at radius 1 is 1.47 bits per heavy atom. The summed E-state index contributed by atoms with van der Waals surface area (Å²) >= 11 is 0. The third-order valence-electron chi connectivity index (χ3n) is 1.86. The van der Waals surface area contributed by atoms with Crippen molar-refractivity contribution in [3.8, 4) is 11.9 Å². The Morgan fingerprint density at radius 2 is 2.13 bits per heavy atom. The van der Waals surface area contributed by atoms with Crippen LogP contribution in [0.15, 0.2) is 12.3 Å². The van der Waals surface area contributed by atoms with Crippen molar-refractivity contribution in [3.05, 3.63) is 23.4 Å². The van der Waals surface area contributed by atoms with Gasteiger partial charge in [-0.25, -0.2) is 4.98 Å². The number of halogens is 2. The van der Waals surface area contributed by atoms with E-state index in [1.165, 1.54) is 12.3 Å². The number of pyridine rings is 1. The van der Waals surface area contributed by atoms with Crippen LogP contribution in [0.3, 0.4) is 0 Å². The number of hydrogen-bond acceptors (Lipinski definition) is 3. The smallest absolute Gasteiger partial charge is 0.388 e. The number of aromatic nitrogens is 1. The number of alkyl halides is 2. The first-order valence-electron chi connectivity index (χ1n) is 4.39. The van der Waals surface area contributed by atoms with Crippen molar-refractivity contribution < 1.29 is 13.5 Å². The summed E-state index contributed by atoms with van der Waals surface area (Å²) in [5.41, 5.74) is 0.842. The number of nitrogens with zero attached hydrogens (tertiary/aromatic N) is 2. The van der Waals surface area contributed by atoms with Gasteiger partial charge in [-0.05, 0) is 17.5 Å². The third kappa shape index (κ3) is 2.88. The van der Waals surface area contributed by atoms with Gasteiger partial charge in [0.1, 0.15) is 11.6 Å². The first-order chi connectivity index (χ1) is 7.04. The van der Waals surface area contributed by atoms with Gasteiger partial charge < -0.3 is 4.74 Å². The van der Waals surface area contributed by atoms with Crippen LogP contribution >= 0.6 is 0 Å². The fraction of sp³-hybridized carbons (Fsp3) is 0.400. The van der Waals surface area contributed by atoms with E-state index in [9.17, 15) is 8.78 Å². The number of hydrogen-bond donors (Lipinski definition) is 0. The van der Waals surface area contributed by atoms with E-state index in [2.05, 4.69) is 9.72 Å². The van der Waals surface area contributed by atoms with Gasteiger partial charge in [-0.15, -0.1) is 0 Å². The molecule has 0 unspecified atom stereocenters. The fourth-order valence-electron chi connectivity index (χ4n) is 1.04. The average Bonchev–Trinajstić information content (AvgIpc) is 2.17. The SMILES string of the molecule is CC(C)c1cnc(OC(F)F)c(C#N)c1. The summed E-state index contributed by atoms with van der Waals surface area (Å²) in [5.74, 6) is -0.137. The number of rotatable bonds is 3. The topological polar surface area (TPSA) is 45.9 Å². The molecule has 0 aromatic carbocycles. The zero-order chi connectivity index (χ0) is 11.4. The summed E-state index contributed by atoms with van der Waals surface area (Å²) in [6.07, 6.45) is 1.43. The summed E-state index contributed by atoms with van der Waals surface area (Å²) in [6, 6.07) is 3.28. The molecule has 3 nitrogen and oxygen atoms in total. The van der Waals surface area contributed by atoms with Crippen LogP contribution in [-0.4, -0.2) is 11.6 Å². The molecule has 0 saturated heterocycles. The van der Waals surface area contributed by atoms with Crippen molar-refractivity contribution in [3.63, 3.8) is 0 Å². The van der Waals surface area contributed by atoms with Crippen LogP contribution in [0, 0.1) is 11.3 Å². The maximum absolute atomic E-state index is 11.9. The van der Waals surface area contributed by atoms with Crippen LogP contribution in [-0.2, 0) is 0 Å². The van der Waals surface area contributed by atoms with Gasteiger partial charge in [-0.3, -0.25) is 0 Å². The van der Waals surface area contributed by atoms with Crippen molar-refractivity contribution in [2.24, 2.45) is 0 Å². The van der Waals surface area contributed by atoms with Gasteiger partial charge in [0.25, 0.3) is 0 Å². The van der Waals surface area contributed by atoms with E-state index in [0.717, 1.165) is 5.56 Å². The van der Waals surface area contributed by atoms with Crippen LogP contribution in [0.2, 0.25) is 0 Å². The highest BCUT2D eigenvalue weighted by atomic mass is 19.3. The van der Waals surface area contributed by atoms with Crippen LogP contribution in [0.25, 0.3) is 0 Å². The molecule has 1 aromatic rings. The highest BCUT2D eigenvalue weighted by Crippen LogP contribution is 2.21. The van der Waals surface area contributed by atoms with Gasteiger partial charge in [-0.1, -0.05) is 13.8 Å². The lowest BCUT2D eigenvalue weighted by Gasteiger charge is -2.08. The Hall–Kier alpha value is -1.70. The highest BCUT2D eigenvalue weighted by molar-refractivity contribution is 5.40. The molecule has 0 radical (unpaired) electrons. The van der Waals surface area contributed by atoms with E-state index >= 15 is 0 Å². The summed E-state index contributed by atoms with van der Waals surface area (Å²) < 4.78 is 28.0. The predicted octanol–water partition coefficient (Wildman–Crippen LogP) is 2.68. The minimum absolute atomic E-state index is 0.0292. The summed E-state index contributed by atoms with van der Waals surface area (Å²) in [6.45, 7) is 0.881. The van der Waals surface area contributed by atoms with Crippen molar-refractivity contribution in [1.29, 1.82) is 5.26 Å². The Balaban J connectivity index is 3.05. The zero-order valence-corrected chi connectivity index (χ0v) is 8.37. The van der Waals surface area contributed by atoms with Crippen molar-refractivity contribution >= 4 is 0 Å². The van der Waals surface area contributed by atoms with E-state index in [4.69, 9.17) is 5.26 Å². The lowest BCUT2D eigenvalue weighted by atomic mass is 10.0. The van der Waals surface area contributed by atoms with Crippen LogP contribution in [0.5, 0.6) is 5.88 Å². The van der Waals surface area contributed by atoms with Crippen LogP contribution in [0.1, 0.15) is 30.9 Å².